The summed E-state index contributed by atoms with van der Waals surface area (Å²) in [5.74, 6) is 0.219. The van der Waals surface area contributed by atoms with Crippen LogP contribution in [0.3, 0.4) is 0 Å². The molecule has 0 unspecified atom stereocenters. The molecule has 158 valence electrons. The number of hydrogen-bond acceptors (Lipinski definition) is 7. The Hall–Kier alpha value is -2.78. The third-order valence-corrected chi connectivity index (χ3v) is 5.48. The number of aromatic nitrogens is 2. The maximum atomic E-state index is 14.7. The van der Waals surface area contributed by atoms with E-state index in [1.54, 1.807) is 23.5 Å². The number of benzene rings is 1. The van der Waals surface area contributed by atoms with Gasteiger partial charge in [0.1, 0.15) is 5.82 Å². The van der Waals surface area contributed by atoms with Crippen LogP contribution in [-0.4, -0.2) is 41.4 Å². The van der Waals surface area contributed by atoms with E-state index in [-0.39, 0.29) is 30.4 Å². The number of morpholine rings is 1. The molecule has 1 aliphatic heterocycles. The predicted molar refractivity (Wildman–Crippen MR) is 113 cm³/mol. The molecule has 1 fully saturated rings. The fourth-order valence-corrected chi connectivity index (χ4v) is 4.15. The maximum absolute atomic E-state index is 14.7. The van der Waals surface area contributed by atoms with Crippen LogP contribution < -0.4 is 10.2 Å². The Kier molecular flexibility index (Phi) is 6.10. The molecule has 3 heterocycles. The molecule has 7 nitrogen and oxygen atoms in total. The van der Waals surface area contributed by atoms with Crippen LogP contribution in [0.2, 0.25) is 0 Å². The molecular formula is C21H23FN4O3S. The second-order valence-electron chi connectivity index (χ2n) is 7.39. The lowest BCUT2D eigenvalue weighted by Gasteiger charge is -2.37. The highest BCUT2D eigenvalue weighted by molar-refractivity contribution is 7.08. The first kappa shape index (κ1) is 20.5. The highest BCUT2D eigenvalue weighted by Crippen LogP contribution is 2.26. The molecule has 30 heavy (non-hydrogen) atoms. The predicted octanol–water partition coefficient (Wildman–Crippen LogP) is 4.12. The van der Waals surface area contributed by atoms with Crippen LogP contribution in [0.4, 0.5) is 15.8 Å². The third kappa shape index (κ3) is 4.85. The SMILES string of the molecule is C[C@@H]1CN(c2ccc(NC(=O)CCc3nnc(-c4ccsc4)o3)cc2F)C[C@@H](C)O1. The van der Waals surface area contributed by atoms with Crippen molar-refractivity contribution in [2.45, 2.75) is 38.9 Å². The Balaban J connectivity index is 1.33. The average molecular weight is 431 g/mol. The molecule has 4 rings (SSSR count). The van der Waals surface area contributed by atoms with E-state index in [4.69, 9.17) is 9.15 Å². The number of carbonyl (C=O) groups excluding carboxylic acids is 1. The summed E-state index contributed by atoms with van der Waals surface area (Å²) in [5.41, 5.74) is 1.80. The van der Waals surface area contributed by atoms with Gasteiger partial charge < -0.3 is 19.4 Å². The fourth-order valence-electron chi connectivity index (χ4n) is 3.52. The summed E-state index contributed by atoms with van der Waals surface area (Å²) in [6.07, 6.45) is 0.551. The van der Waals surface area contributed by atoms with Crippen molar-refractivity contribution >= 4 is 28.6 Å². The van der Waals surface area contributed by atoms with Crippen LogP contribution in [0.1, 0.15) is 26.2 Å². The molecule has 1 aromatic carbocycles. The van der Waals surface area contributed by atoms with Gasteiger partial charge in [-0.3, -0.25) is 4.79 Å². The molecule has 1 N–H and O–H groups in total. The number of carbonyl (C=O) groups is 1. The smallest absolute Gasteiger partial charge is 0.248 e. The Morgan fingerprint density at radius 2 is 2.07 bits per heavy atom. The topological polar surface area (TPSA) is 80.5 Å². The molecule has 0 saturated carbocycles. The molecule has 1 saturated heterocycles. The zero-order valence-electron chi connectivity index (χ0n) is 16.8. The lowest BCUT2D eigenvalue weighted by atomic mass is 10.1. The summed E-state index contributed by atoms with van der Waals surface area (Å²) >= 11 is 1.54. The normalized spacial score (nSPS) is 19.1. The van der Waals surface area contributed by atoms with Gasteiger partial charge in [-0.05, 0) is 43.5 Å². The van der Waals surface area contributed by atoms with Gasteiger partial charge in [0.15, 0.2) is 0 Å². The van der Waals surface area contributed by atoms with Gasteiger partial charge in [-0.25, -0.2) is 4.39 Å². The Morgan fingerprint density at radius 3 is 2.77 bits per heavy atom. The quantitative estimate of drug-likeness (QED) is 0.634. The molecule has 2 atom stereocenters. The molecule has 9 heteroatoms. The van der Waals surface area contributed by atoms with Gasteiger partial charge in [0, 0.05) is 42.6 Å². The zero-order valence-corrected chi connectivity index (χ0v) is 17.6. The van der Waals surface area contributed by atoms with E-state index in [2.05, 4.69) is 15.5 Å². The summed E-state index contributed by atoms with van der Waals surface area (Å²) < 4.78 is 25.9. The molecular weight excluding hydrogens is 407 g/mol. The van der Waals surface area contributed by atoms with E-state index in [1.807, 2.05) is 35.6 Å². The largest absolute Gasteiger partial charge is 0.421 e. The van der Waals surface area contributed by atoms with Gasteiger partial charge in [0.05, 0.1) is 17.9 Å². The molecule has 2 aromatic heterocycles. The Bertz CT molecular complexity index is 998. The van der Waals surface area contributed by atoms with Crippen molar-refractivity contribution in [1.82, 2.24) is 10.2 Å². The molecule has 0 aliphatic carbocycles. The molecule has 1 aliphatic rings. The number of ether oxygens (including phenoxy) is 1. The second kappa shape index (κ2) is 8.93. The van der Waals surface area contributed by atoms with Crippen LogP contribution >= 0.6 is 11.3 Å². The number of amides is 1. The van der Waals surface area contributed by atoms with Crippen molar-refractivity contribution in [3.63, 3.8) is 0 Å². The van der Waals surface area contributed by atoms with Crippen LogP contribution in [0.15, 0.2) is 39.4 Å². The van der Waals surface area contributed by atoms with E-state index in [0.29, 0.717) is 42.7 Å². The minimum absolute atomic E-state index is 0.0393. The van der Waals surface area contributed by atoms with Crippen molar-refractivity contribution in [2.75, 3.05) is 23.3 Å². The molecule has 0 spiro atoms. The van der Waals surface area contributed by atoms with Gasteiger partial charge in [-0.15, -0.1) is 10.2 Å². The van der Waals surface area contributed by atoms with E-state index < -0.39 is 0 Å². The maximum Gasteiger partial charge on any atom is 0.248 e. The number of nitrogens with zero attached hydrogens (tertiary/aromatic N) is 3. The average Bonchev–Trinajstić information content (AvgIpc) is 3.37. The van der Waals surface area contributed by atoms with Gasteiger partial charge in [0.2, 0.25) is 17.7 Å². The highest BCUT2D eigenvalue weighted by atomic mass is 32.1. The summed E-state index contributed by atoms with van der Waals surface area (Å²) in [5, 5.41) is 14.5. The highest BCUT2D eigenvalue weighted by Gasteiger charge is 2.24. The van der Waals surface area contributed by atoms with Crippen molar-refractivity contribution < 1.29 is 18.3 Å². The first-order valence-corrected chi connectivity index (χ1v) is 10.8. The summed E-state index contributed by atoms with van der Waals surface area (Å²) in [4.78, 5) is 14.2. The van der Waals surface area contributed by atoms with Gasteiger partial charge in [0.25, 0.3) is 0 Å². The standard InChI is InChI=1S/C21H23FN4O3S/c1-13-10-26(11-14(2)28-13)18-4-3-16(9-17(18)22)23-19(27)5-6-20-24-25-21(29-20)15-7-8-30-12-15/h3-4,7-9,12-14H,5-6,10-11H2,1-2H3,(H,23,27)/t13-,14-/m1/s1. The van der Waals surface area contributed by atoms with Crippen molar-refractivity contribution in [3.8, 4) is 11.5 Å². The number of hydrogen-bond donors (Lipinski definition) is 1. The molecule has 3 aromatic rings. The van der Waals surface area contributed by atoms with E-state index in [9.17, 15) is 9.18 Å². The van der Waals surface area contributed by atoms with Crippen molar-refractivity contribution in [3.05, 3.63) is 46.7 Å². The second-order valence-corrected chi connectivity index (χ2v) is 8.17. The van der Waals surface area contributed by atoms with E-state index >= 15 is 0 Å². The number of aryl methyl sites for hydroxylation is 1. The first-order valence-electron chi connectivity index (χ1n) is 9.82. The minimum atomic E-state index is -0.369. The number of nitrogens with one attached hydrogen (secondary N) is 1. The zero-order chi connectivity index (χ0) is 21.1. The van der Waals surface area contributed by atoms with Crippen LogP contribution in [0, 0.1) is 5.82 Å². The fraction of sp³-hybridized carbons (Fsp3) is 0.381. The van der Waals surface area contributed by atoms with Crippen LogP contribution in [0.5, 0.6) is 0 Å². The van der Waals surface area contributed by atoms with E-state index in [1.165, 1.54) is 6.07 Å². The monoisotopic (exact) mass is 430 g/mol. The number of anilines is 2. The molecule has 0 radical (unpaired) electrons. The van der Waals surface area contributed by atoms with Crippen molar-refractivity contribution in [1.29, 1.82) is 0 Å². The van der Waals surface area contributed by atoms with Crippen molar-refractivity contribution in [2.24, 2.45) is 0 Å². The number of halogens is 1. The summed E-state index contributed by atoms with van der Waals surface area (Å²) in [7, 11) is 0. The Labute approximate surface area is 177 Å². The number of thiophene rings is 1. The Morgan fingerprint density at radius 1 is 1.27 bits per heavy atom. The van der Waals surface area contributed by atoms with Gasteiger partial charge in [-0.2, -0.15) is 11.3 Å². The lowest BCUT2D eigenvalue weighted by Crippen LogP contribution is -2.45. The first-order chi connectivity index (χ1) is 14.5. The van der Waals surface area contributed by atoms with Gasteiger partial charge in [-0.1, -0.05) is 0 Å². The van der Waals surface area contributed by atoms with Gasteiger partial charge >= 0.3 is 0 Å². The molecule has 0 bridgehead atoms. The van der Waals surface area contributed by atoms with Crippen LogP contribution in [0.25, 0.3) is 11.5 Å². The summed E-state index contributed by atoms with van der Waals surface area (Å²) in [6.45, 7) is 5.21. The van der Waals surface area contributed by atoms with E-state index in [0.717, 1.165) is 5.56 Å². The number of rotatable bonds is 6. The van der Waals surface area contributed by atoms with Crippen LogP contribution in [-0.2, 0) is 16.0 Å². The lowest BCUT2D eigenvalue weighted by molar-refractivity contribution is -0.116. The molecule has 1 amide bonds. The third-order valence-electron chi connectivity index (χ3n) is 4.79. The summed E-state index contributed by atoms with van der Waals surface area (Å²) in [6, 6.07) is 6.65. The minimum Gasteiger partial charge on any atom is -0.421 e.